The molecule has 0 aromatic heterocycles. The summed E-state index contributed by atoms with van der Waals surface area (Å²) in [5, 5.41) is 21.4. The van der Waals surface area contributed by atoms with Crippen LogP contribution in [-0.4, -0.2) is 45.9 Å². The molecule has 2 N–H and O–H groups in total. The third kappa shape index (κ3) is 3.39. The summed E-state index contributed by atoms with van der Waals surface area (Å²) in [7, 11) is 2.11. The Morgan fingerprint density at radius 2 is 1.68 bits per heavy atom. The van der Waals surface area contributed by atoms with Gasteiger partial charge in [-0.3, -0.25) is 0 Å². The summed E-state index contributed by atoms with van der Waals surface area (Å²) in [5.41, 5.74) is -1.45. The Kier molecular flexibility index (Phi) is 4.38. The second-order valence-corrected chi connectivity index (χ2v) is 6.88. The molecule has 1 saturated carbocycles. The largest absolute Gasteiger partial charge is 0.386 e. The Morgan fingerprint density at radius 3 is 2.32 bits per heavy atom. The van der Waals surface area contributed by atoms with Crippen LogP contribution in [-0.2, 0) is 0 Å². The average Bonchev–Trinajstić information content (AvgIpc) is 2.36. The summed E-state index contributed by atoms with van der Waals surface area (Å²) in [6.45, 7) is 5.15. The van der Waals surface area contributed by atoms with Crippen LogP contribution in [0.15, 0.2) is 12.2 Å². The molecule has 2 rings (SSSR count). The van der Waals surface area contributed by atoms with E-state index in [1.165, 1.54) is 6.42 Å². The molecule has 3 atom stereocenters. The van der Waals surface area contributed by atoms with Gasteiger partial charge >= 0.3 is 0 Å². The van der Waals surface area contributed by atoms with Gasteiger partial charge in [-0.2, -0.15) is 0 Å². The van der Waals surface area contributed by atoms with Gasteiger partial charge in [-0.25, -0.2) is 0 Å². The molecule has 1 saturated heterocycles. The fraction of sp³-hybridized carbons (Fsp3) is 0.875. The molecule has 0 unspecified atom stereocenters. The summed E-state index contributed by atoms with van der Waals surface area (Å²) in [6.07, 6.45) is 9.61. The Balaban J connectivity index is 2.07. The minimum atomic E-state index is -0.765. The zero-order valence-electron chi connectivity index (χ0n) is 12.6. The van der Waals surface area contributed by atoms with Gasteiger partial charge in [-0.05, 0) is 33.2 Å². The van der Waals surface area contributed by atoms with E-state index in [2.05, 4.69) is 25.8 Å². The Morgan fingerprint density at radius 1 is 1.05 bits per heavy atom. The smallest absolute Gasteiger partial charge is 0.0881 e. The van der Waals surface area contributed by atoms with E-state index in [0.717, 1.165) is 38.6 Å². The molecule has 0 radical (unpaired) electrons. The predicted octanol–water partition coefficient (Wildman–Crippen LogP) is 2.33. The van der Waals surface area contributed by atoms with Crippen LogP contribution in [0, 0.1) is 5.92 Å². The summed E-state index contributed by atoms with van der Waals surface area (Å²) in [5.74, 6) is 0.206. The minimum absolute atomic E-state index is 0.206. The number of piperidine rings is 1. The first kappa shape index (κ1) is 15.0. The fourth-order valence-corrected chi connectivity index (χ4v) is 3.46. The van der Waals surface area contributed by atoms with E-state index in [-0.39, 0.29) is 5.92 Å². The number of rotatable bonds is 2. The summed E-state index contributed by atoms with van der Waals surface area (Å²) >= 11 is 0. The van der Waals surface area contributed by atoms with Gasteiger partial charge in [0.05, 0.1) is 11.2 Å². The summed E-state index contributed by atoms with van der Waals surface area (Å²) in [6, 6.07) is 0.381. The van der Waals surface area contributed by atoms with Gasteiger partial charge in [0.15, 0.2) is 0 Å². The van der Waals surface area contributed by atoms with Crippen LogP contribution in [0.1, 0.15) is 52.4 Å². The van der Waals surface area contributed by atoms with Gasteiger partial charge in [0, 0.05) is 18.5 Å². The monoisotopic (exact) mass is 267 g/mol. The topological polar surface area (TPSA) is 43.7 Å². The molecule has 1 aliphatic carbocycles. The molecule has 3 heteroatoms. The Labute approximate surface area is 117 Å². The number of hydrogen-bond acceptors (Lipinski definition) is 3. The van der Waals surface area contributed by atoms with E-state index >= 15 is 0 Å². The first-order valence-corrected chi connectivity index (χ1v) is 7.70. The number of aliphatic hydroxyl groups is 2. The van der Waals surface area contributed by atoms with Crippen LogP contribution >= 0.6 is 0 Å². The van der Waals surface area contributed by atoms with Gasteiger partial charge < -0.3 is 15.1 Å². The minimum Gasteiger partial charge on any atom is -0.386 e. The molecule has 1 heterocycles. The van der Waals surface area contributed by atoms with Crippen molar-refractivity contribution < 1.29 is 10.2 Å². The van der Waals surface area contributed by atoms with Crippen LogP contribution in [0.4, 0.5) is 0 Å². The Hall–Kier alpha value is -0.380. The lowest BCUT2D eigenvalue weighted by molar-refractivity contribution is -0.0441. The van der Waals surface area contributed by atoms with Crippen LogP contribution in [0.25, 0.3) is 0 Å². The van der Waals surface area contributed by atoms with Crippen molar-refractivity contribution in [2.24, 2.45) is 5.92 Å². The first-order valence-electron chi connectivity index (χ1n) is 7.70. The van der Waals surface area contributed by atoms with Crippen molar-refractivity contribution in [3.05, 3.63) is 12.2 Å². The normalized spacial score (nSPS) is 40.7. The maximum absolute atomic E-state index is 10.8. The van der Waals surface area contributed by atoms with Crippen LogP contribution in [0.2, 0.25) is 0 Å². The Bertz CT molecular complexity index is 336. The van der Waals surface area contributed by atoms with Crippen molar-refractivity contribution in [3.8, 4) is 0 Å². The van der Waals surface area contributed by atoms with E-state index in [1.54, 1.807) is 0 Å². The number of nitrogens with zero attached hydrogens (tertiary/aromatic N) is 1. The average molecular weight is 267 g/mol. The molecule has 0 bridgehead atoms. The van der Waals surface area contributed by atoms with Crippen molar-refractivity contribution in [2.75, 3.05) is 13.6 Å². The van der Waals surface area contributed by atoms with E-state index in [1.807, 2.05) is 12.2 Å². The van der Waals surface area contributed by atoms with Crippen molar-refractivity contribution >= 4 is 0 Å². The zero-order valence-corrected chi connectivity index (χ0v) is 12.6. The highest BCUT2D eigenvalue weighted by molar-refractivity contribution is 5.13. The lowest BCUT2D eigenvalue weighted by Gasteiger charge is -2.44. The molecule has 1 aliphatic heterocycles. The molecule has 0 aromatic carbocycles. The van der Waals surface area contributed by atoms with E-state index in [0.29, 0.717) is 6.04 Å². The molecule has 0 spiro atoms. The lowest BCUT2D eigenvalue weighted by Crippen LogP contribution is -2.52. The molecule has 2 aliphatic rings. The second-order valence-electron chi connectivity index (χ2n) is 6.88. The van der Waals surface area contributed by atoms with Crippen molar-refractivity contribution in [2.45, 2.75) is 69.6 Å². The SMILES string of the molecule is C[C@@H]1C[C@](O)(/C=C/C2(O)CCCCC2)[C@H](C)CN1C. The highest BCUT2D eigenvalue weighted by Crippen LogP contribution is 2.35. The zero-order chi connectivity index (χ0) is 14.1. The highest BCUT2D eigenvalue weighted by atomic mass is 16.3. The van der Waals surface area contributed by atoms with Crippen LogP contribution in [0.3, 0.4) is 0 Å². The molecule has 3 nitrogen and oxygen atoms in total. The van der Waals surface area contributed by atoms with Gasteiger partial charge in [0.2, 0.25) is 0 Å². The van der Waals surface area contributed by atoms with Gasteiger partial charge in [0.25, 0.3) is 0 Å². The van der Waals surface area contributed by atoms with E-state index in [9.17, 15) is 10.2 Å². The van der Waals surface area contributed by atoms with Crippen molar-refractivity contribution in [1.82, 2.24) is 4.90 Å². The first-order chi connectivity index (χ1) is 8.85. The van der Waals surface area contributed by atoms with Crippen molar-refractivity contribution in [1.29, 1.82) is 0 Å². The second kappa shape index (κ2) is 5.55. The maximum Gasteiger partial charge on any atom is 0.0881 e. The molecular weight excluding hydrogens is 238 g/mol. The molecular formula is C16H29NO2. The molecule has 0 aromatic rings. The predicted molar refractivity (Wildman–Crippen MR) is 78.0 cm³/mol. The van der Waals surface area contributed by atoms with E-state index in [4.69, 9.17) is 0 Å². The van der Waals surface area contributed by atoms with Gasteiger partial charge in [0.1, 0.15) is 0 Å². The molecule has 2 fully saturated rings. The molecule has 0 amide bonds. The third-order valence-electron chi connectivity index (χ3n) is 5.19. The summed E-state index contributed by atoms with van der Waals surface area (Å²) < 4.78 is 0. The van der Waals surface area contributed by atoms with Crippen LogP contribution in [0.5, 0.6) is 0 Å². The standard InChI is InChI=1S/C16H29NO2/c1-13-12-17(3)14(2)11-16(13,19)10-9-15(18)7-5-4-6-8-15/h9-10,13-14,18-19H,4-8,11-12H2,1-3H3/b10-9+/t13-,14-,16-/m1/s1. The quantitative estimate of drug-likeness (QED) is 0.755. The van der Waals surface area contributed by atoms with Gasteiger partial charge in [-0.15, -0.1) is 0 Å². The van der Waals surface area contributed by atoms with E-state index < -0.39 is 11.2 Å². The highest BCUT2D eigenvalue weighted by Gasteiger charge is 2.40. The van der Waals surface area contributed by atoms with Crippen LogP contribution < -0.4 is 0 Å². The third-order valence-corrected chi connectivity index (χ3v) is 5.19. The lowest BCUT2D eigenvalue weighted by atomic mass is 9.77. The van der Waals surface area contributed by atoms with Gasteiger partial charge in [-0.1, -0.05) is 38.3 Å². The molecule has 110 valence electrons. The molecule has 19 heavy (non-hydrogen) atoms. The number of likely N-dealkylation sites (tertiary alicyclic amines) is 1. The maximum atomic E-state index is 10.8. The number of hydrogen-bond donors (Lipinski definition) is 2. The fourth-order valence-electron chi connectivity index (χ4n) is 3.46. The van der Waals surface area contributed by atoms with Crippen molar-refractivity contribution in [3.63, 3.8) is 0 Å². The summed E-state index contributed by atoms with van der Waals surface area (Å²) in [4.78, 5) is 2.29.